The molecule has 3 fully saturated rings. The van der Waals surface area contributed by atoms with Crippen molar-refractivity contribution in [2.24, 2.45) is 28.6 Å². The van der Waals surface area contributed by atoms with Gasteiger partial charge in [0, 0.05) is 0 Å². The second-order valence-electron chi connectivity index (χ2n) is 6.52. The quantitative estimate of drug-likeness (QED) is 0.574. The van der Waals surface area contributed by atoms with Gasteiger partial charge in [0.2, 0.25) is 0 Å². The van der Waals surface area contributed by atoms with Crippen LogP contribution in [0.4, 0.5) is 0 Å². The minimum atomic E-state index is 0.298. The molecule has 0 heterocycles. The maximum Gasteiger partial charge on any atom is 0.0661 e. The van der Waals surface area contributed by atoms with Crippen LogP contribution in [0.5, 0.6) is 0 Å². The average molecular weight is 191 g/mol. The molecule has 3 rings (SSSR count). The molecule has 1 nitrogen and oxygen atoms in total. The topological polar surface area (TPSA) is 23.8 Å². The summed E-state index contributed by atoms with van der Waals surface area (Å²) in [4.78, 5) is 0. The molecule has 0 aromatic carbocycles. The lowest BCUT2D eigenvalue weighted by atomic mass is 9.45. The first-order valence-electron chi connectivity index (χ1n) is 5.79. The Kier molecular flexibility index (Phi) is 1.97. The van der Waals surface area contributed by atoms with Crippen molar-refractivity contribution in [3.05, 3.63) is 0 Å². The number of nitrogens with zero attached hydrogens (tertiary/aromatic N) is 1. The minimum absolute atomic E-state index is 0.298. The van der Waals surface area contributed by atoms with Gasteiger partial charge in [0.15, 0.2) is 0 Å². The lowest BCUT2D eigenvalue weighted by molar-refractivity contribution is -0.0927. The zero-order valence-electron chi connectivity index (χ0n) is 9.80. The van der Waals surface area contributed by atoms with Crippen molar-refractivity contribution in [2.45, 2.75) is 47.0 Å². The van der Waals surface area contributed by atoms with Gasteiger partial charge in [-0.1, -0.05) is 27.7 Å². The Bertz CT molecular complexity index is 286. The molecular formula is C13H21N. The number of hydrogen-bond donors (Lipinski definition) is 0. The summed E-state index contributed by atoms with van der Waals surface area (Å²) in [5.41, 5.74) is 0.756. The number of hydrogen-bond acceptors (Lipinski definition) is 1. The van der Waals surface area contributed by atoms with E-state index in [1.165, 1.54) is 12.8 Å². The molecule has 0 spiro atoms. The fraction of sp³-hybridized carbons (Fsp3) is 0.923. The largest absolute Gasteiger partial charge is 0.198 e. The van der Waals surface area contributed by atoms with E-state index in [1.54, 1.807) is 0 Å². The molecule has 0 aromatic rings. The van der Waals surface area contributed by atoms with Gasteiger partial charge in [-0.05, 0) is 41.9 Å². The molecule has 0 amide bonds. The summed E-state index contributed by atoms with van der Waals surface area (Å²) in [6.07, 6.45) is 3.65. The fourth-order valence-corrected chi connectivity index (χ4v) is 4.46. The van der Waals surface area contributed by atoms with Crippen molar-refractivity contribution in [1.29, 1.82) is 5.26 Å². The van der Waals surface area contributed by atoms with Crippen LogP contribution in [0.2, 0.25) is 0 Å². The normalized spacial score (nSPS) is 50.1. The third-order valence-corrected chi connectivity index (χ3v) is 4.83. The zero-order valence-corrected chi connectivity index (χ0v) is 9.80. The molecule has 0 radical (unpaired) electrons. The van der Waals surface area contributed by atoms with E-state index >= 15 is 0 Å². The van der Waals surface area contributed by atoms with Gasteiger partial charge in [-0.2, -0.15) is 5.26 Å². The van der Waals surface area contributed by atoms with Crippen molar-refractivity contribution >= 4 is 0 Å². The summed E-state index contributed by atoms with van der Waals surface area (Å²) < 4.78 is 0. The second-order valence-corrected chi connectivity index (χ2v) is 6.52. The molecule has 0 aliphatic heterocycles. The molecule has 3 aliphatic rings. The van der Waals surface area contributed by atoms with Crippen molar-refractivity contribution < 1.29 is 0 Å². The number of rotatable bonds is 0. The summed E-state index contributed by atoms with van der Waals surface area (Å²) in [7, 11) is 0. The van der Waals surface area contributed by atoms with Crippen LogP contribution in [0.15, 0.2) is 0 Å². The van der Waals surface area contributed by atoms with Crippen LogP contribution in [0.1, 0.15) is 47.0 Å². The van der Waals surface area contributed by atoms with E-state index in [9.17, 15) is 5.26 Å². The predicted molar refractivity (Wildman–Crippen MR) is 57.5 cm³/mol. The van der Waals surface area contributed by atoms with Crippen molar-refractivity contribution in [2.75, 3.05) is 0 Å². The van der Waals surface area contributed by atoms with Gasteiger partial charge in [-0.15, -0.1) is 0 Å². The third kappa shape index (κ3) is 1.20. The van der Waals surface area contributed by atoms with Crippen molar-refractivity contribution in [3.63, 3.8) is 0 Å². The van der Waals surface area contributed by atoms with Gasteiger partial charge >= 0.3 is 0 Å². The van der Waals surface area contributed by atoms with Gasteiger partial charge in [-0.25, -0.2) is 0 Å². The van der Waals surface area contributed by atoms with Crippen LogP contribution in [0, 0.1) is 39.9 Å². The predicted octanol–water partition coefficient (Wildman–Crippen LogP) is 3.61. The van der Waals surface area contributed by atoms with Crippen LogP contribution in [0.3, 0.4) is 0 Å². The van der Waals surface area contributed by atoms with Crippen LogP contribution in [0.25, 0.3) is 0 Å². The summed E-state index contributed by atoms with van der Waals surface area (Å²) >= 11 is 0. The Morgan fingerprint density at radius 1 is 1.29 bits per heavy atom. The maximum absolute atomic E-state index is 9.18. The highest BCUT2D eigenvalue weighted by Crippen LogP contribution is 2.62. The van der Waals surface area contributed by atoms with Crippen molar-refractivity contribution in [1.82, 2.24) is 0 Å². The Labute approximate surface area is 87.5 Å². The van der Waals surface area contributed by atoms with Gasteiger partial charge in [0.25, 0.3) is 0 Å². The van der Waals surface area contributed by atoms with E-state index in [1.807, 2.05) is 0 Å². The summed E-state index contributed by atoms with van der Waals surface area (Å²) in [5, 5.41) is 9.18. The SMILES string of the molecule is CC1CC2(C)CC(C)(C)C1CC2C#N. The fourth-order valence-electron chi connectivity index (χ4n) is 4.46. The molecule has 78 valence electrons. The van der Waals surface area contributed by atoms with E-state index in [0.29, 0.717) is 16.7 Å². The Morgan fingerprint density at radius 2 is 1.93 bits per heavy atom. The van der Waals surface area contributed by atoms with Crippen LogP contribution < -0.4 is 0 Å². The van der Waals surface area contributed by atoms with Gasteiger partial charge in [0.05, 0.1) is 12.0 Å². The summed E-state index contributed by atoms with van der Waals surface area (Å²) in [6.45, 7) is 9.48. The van der Waals surface area contributed by atoms with E-state index in [0.717, 1.165) is 18.3 Å². The summed E-state index contributed by atoms with van der Waals surface area (Å²) in [5.74, 6) is 1.90. The molecule has 3 aliphatic carbocycles. The number of fused-ring (bicyclic) bond motifs is 3. The lowest BCUT2D eigenvalue weighted by Gasteiger charge is -2.59. The Hall–Kier alpha value is -0.510. The van der Waals surface area contributed by atoms with Crippen LogP contribution >= 0.6 is 0 Å². The van der Waals surface area contributed by atoms with Gasteiger partial charge < -0.3 is 0 Å². The molecular weight excluding hydrogens is 170 g/mol. The average Bonchev–Trinajstić information content (AvgIpc) is 1.99. The first-order valence-corrected chi connectivity index (χ1v) is 5.79. The highest BCUT2D eigenvalue weighted by Gasteiger charge is 2.55. The van der Waals surface area contributed by atoms with E-state index in [-0.39, 0.29) is 0 Å². The highest BCUT2D eigenvalue weighted by molar-refractivity contribution is 5.10. The smallest absolute Gasteiger partial charge is 0.0661 e. The molecule has 4 unspecified atom stereocenters. The lowest BCUT2D eigenvalue weighted by Crippen LogP contribution is -2.52. The van der Waals surface area contributed by atoms with Crippen LogP contribution in [-0.4, -0.2) is 0 Å². The summed E-state index contributed by atoms with van der Waals surface area (Å²) in [6, 6.07) is 2.53. The molecule has 1 heteroatoms. The van der Waals surface area contributed by atoms with E-state index in [2.05, 4.69) is 33.8 Å². The second kappa shape index (κ2) is 2.75. The molecule has 3 saturated carbocycles. The maximum atomic E-state index is 9.18. The monoisotopic (exact) mass is 191 g/mol. The Morgan fingerprint density at radius 3 is 2.36 bits per heavy atom. The minimum Gasteiger partial charge on any atom is -0.198 e. The first-order chi connectivity index (χ1) is 6.39. The Balaban J connectivity index is 2.35. The van der Waals surface area contributed by atoms with Gasteiger partial charge in [0.1, 0.15) is 0 Å². The van der Waals surface area contributed by atoms with Crippen molar-refractivity contribution in [3.8, 4) is 6.07 Å². The third-order valence-electron chi connectivity index (χ3n) is 4.83. The molecule has 0 saturated heterocycles. The highest BCUT2D eigenvalue weighted by atomic mass is 14.6. The van der Waals surface area contributed by atoms with E-state index < -0.39 is 0 Å². The van der Waals surface area contributed by atoms with E-state index in [4.69, 9.17) is 0 Å². The standard InChI is InChI=1S/C13H21N/c1-9-6-13(4)8-12(2,3)11(9)5-10(13)7-14/h9-11H,5-6,8H2,1-4H3. The molecule has 14 heavy (non-hydrogen) atoms. The molecule has 0 N–H and O–H groups in total. The molecule has 2 bridgehead atoms. The first kappa shape index (κ1) is 10.0. The zero-order chi connectivity index (χ0) is 10.6. The molecule has 4 atom stereocenters. The van der Waals surface area contributed by atoms with Crippen LogP contribution in [-0.2, 0) is 0 Å². The molecule has 0 aromatic heterocycles. The van der Waals surface area contributed by atoms with Gasteiger partial charge in [-0.3, -0.25) is 0 Å². The number of nitriles is 1.